The molecule has 4 heteroatoms. The second-order valence-electron chi connectivity index (χ2n) is 3.99. The molecule has 2 N–H and O–H groups in total. The fraction of sp³-hybridized carbons (Fsp3) is 0.800. The fourth-order valence-corrected chi connectivity index (χ4v) is 1.25. The molecule has 0 unspecified atom stereocenters. The number of hydrogen-bond acceptors (Lipinski definition) is 3. The van der Waals surface area contributed by atoms with Crippen LogP contribution in [0, 0.1) is 11.8 Å². The predicted molar refractivity (Wildman–Crippen MR) is 54.7 cm³/mol. The number of rotatable bonds is 6. The normalized spacial score (nSPS) is 14.4. The molecule has 0 rings (SSSR count). The number of aliphatic carboxylic acids is 1. The van der Waals surface area contributed by atoms with Gasteiger partial charge in [-0.05, 0) is 24.7 Å². The minimum atomic E-state index is -0.774. The van der Waals surface area contributed by atoms with Gasteiger partial charge in [-0.3, -0.25) is 4.79 Å². The van der Waals surface area contributed by atoms with Crippen LogP contribution in [-0.2, 0) is 4.79 Å². The predicted octanol–water partition coefficient (Wildman–Crippen LogP) is 2.36. The topological polar surface area (TPSA) is 69.9 Å². The van der Waals surface area contributed by atoms with Gasteiger partial charge in [-0.15, -0.1) is 0 Å². The summed E-state index contributed by atoms with van der Waals surface area (Å²) in [5, 5.41) is 20.4. The largest absolute Gasteiger partial charge is 0.481 e. The van der Waals surface area contributed by atoms with Crippen molar-refractivity contribution in [1.82, 2.24) is 0 Å². The second-order valence-corrected chi connectivity index (χ2v) is 3.99. The first-order chi connectivity index (χ1) is 6.47. The van der Waals surface area contributed by atoms with E-state index in [9.17, 15) is 4.79 Å². The van der Waals surface area contributed by atoms with Crippen LogP contribution in [0.15, 0.2) is 5.16 Å². The summed E-state index contributed by atoms with van der Waals surface area (Å²) in [6.07, 6.45) is 1.60. The van der Waals surface area contributed by atoms with Crippen molar-refractivity contribution in [2.24, 2.45) is 17.0 Å². The van der Waals surface area contributed by atoms with E-state index in [2.05, 4.69) is 5.16 Å². The quantitative estimate of drug-likeness (QED) is 0.393. The van der Waals surface area contributed by atoms with E-state index in [1.807, 2.05) is 20.8 Å². The van der Waals surface area contributed by atoms with Crippen LogP contribution in [-0.4, -0.2) is 22.0 Å². The van der Waals surface area contributed by atoms with Crippen LogP contribution < -0.4 is 0 Å². The van der Waals surface area contributed by atoms with Crippen LogP contribution in [0.25, 0.3) is 0 Å². The summed E-state index contributed by atoms with van der Waals surface area (Å²) in [5.74, 6) is -0.426. The first kappa shape index (κ1) is 12.9. The van der Waals surface area contributed by atoms with Crippen molar-refractivity contribution in [2.75, 3.05) is 0 Å². The van der Waals surface area contributed by atoms with Gasteiger partial charge in [0.15, 0.2) is 0 Å². The molecule has 1 atom stereocenters. The average Bonchev–Trinajstić information content (AvgIpc) is 2.03. The van der Waals surface area contributed by atoms with Gasteiger partial charge in [-0.25, -0.2) is 0 Å². The van der Waals surface area contributed by atoms with Crippen molar-refractivity contribution < 1.29 is 15.1 Å². The van der Waals surface area contributed by atoms with E-state index in [1.165, 1.54) is 0 Å². The third kappa shape index (κ3) is 5.56. The Balaban J connectivity index is 3.86. The van der Waals surface area contributed by atoms with Crippen LogP contribution >= 0.6 is 0 Å². The van der Waals surface area contributed by atoms with Crippen LogP contribution in [0.4, 0.5) is 0 Å². The first-order valence-corrected chi connectivity index (χ1v) is 4.90. The summed E-state index contributed by atoms with van der Waals surface area (Å²) in [6.45, 7) is 5.80. The summed E-state index contributed by atoms with van der Waals surface area (Å²) in [7, 11) is 0. The molecular weight excluding hydrogens is 182 g/mol. The highest BCUT2D eigenvalue weighted by Gasteiger charge is 2.11. The Bertz CT molecular complexity index is 211. The molecule has 0 aromatic carbocycles. The molecule has 0 amide bonds. The second kappa shape index (κ2) is 6.40. The molecule has 0 aliphatic carbocycles. The molecule has 0 radical (unpaired) electrons. The Morgan fingerprint density at radius 2 is 1.93 bits per heavy atom. The third-order valence-corrected chi connectivity index (χ3v) is 2.21. The van der Waals surface area contributed by atoms with E-state index in [4.69, 9.17) is 10.3 Å². The SMILES string of the molecule is CC(C)C(CC[C@H](C)CC(=O)O)=NO. The van der Waals surface area contributed by atoms with Gasteiger partial charge in [-0.1, -0.05) is 25.9 Å². The van der Waals surface area contributed by atoms with E-state index in [1.54, 1.807) is 0 Å². The molecule has 0 saturated carbocycles. The van der Waals surface area contributed by atoms with Crippen LogP contribution in [0.2, 0.25) is 0 Å². The lowest BCUT2D eigenvalue weighted by molar-refractivity contribution is -0.138. The van der Waals surface area contributed by atoms with Gasteiger partial charge >= 0.3 is 5.97 Å². The Labute approximate surface area is 84.6 Å². The highest BCUT2D eigenvalue weighted by molar-refractivity contribution is 5.85. The van der Waals surface area contributed by atoms with Gasteiger partial charge in [-0.2, -0.15) is 0 Å². The van der Waals surface area contributed by atoms with Gasteiger partial charge in [0.05, 0.1) is 5.71 Å². The summed E-state index contributed by atoms with van der Waals surface area (Å²) in [6, 6.07) is 0. The highest BCUT2D eigenvalue weighted by Crippen LogP contribution is 2.13. The molecule has 14 heavy (non-hydrogen) atoms. The van der Waals surface area contributed by atoms with Gasteiger partial charge in [0.25, 0.3) is 0 Å². The van der Waals surface area contributed by atoms with Gasteiger partial charge in [0.1, 0.15) is 0 Å². The van der Waals surface area contributed by atoms with Crippen LogP contribution in [0.5, 0.6) is 0 Å². The molecule has 0 aliphatic rings. The zero-order valence-corrected chi connectivity index (χ0v) is 9.03. The molecule has 0 fully saturated rings. The van der Waals surface area contributed by atoms with E-state index in [-0.39, 0.29) is 18.3 Å². The molecule has 0 aromatic heterocycles. The van der Waals surface area contributed by atoms with E-state index < -0.39 is 5.97 Å². The van der Waals surface area contributed by atoms with E-state index in [0.717, 1.165) is 12.1 Å². The van der Waals surface area contributed by atoms with Crippen molar-refractivity contribution in [1.29, 1.82) is 0 Å². The minimum absolute atomic E-state index is 0.128. The molecule has 0 aliphatic heterocycles. The standard InChI is InChI=1S/C10H19NO3/c1-7(2)9(11-14)5-4-8(3)6-10(12)13/h7-8,14H,4-6H2,1-3H3,(H,12,13)/t8-/m0/s1. The summed E-state index contributed by atoms with van der Waals surface area (Å²) in [5.41, 5.74) is 0.738. The van der Waals surface area contributed by atoms with Gasteiger partial charge < -0.3 is 10.3 Å². The van der Waals surface area contributed by atoms with Gasteiger partial charge in [0.2, 0.25) is 0 Å². The zero-order valence-electron chi connectivity index (χ0n) is 9.03. The van der Waals surface area contributed by atoms with Crippen molar-refractivity contribution >= 4 is 11.7 Å². The van der Waals surface area contributed by atoms with Crippen LogP contribution in [0.3, 0.4) is 0 Å². The maximum Gasteiger partial charge on any atom is 0.303 e. The van der Waals surface area contributed by atoms with Gasteiger partial charge in [0, 0.05) is 6.42 Å². The molecular formula is C10H19NO3. The number of nitrogens with zero attached hydrogens (tertiary/aromatic N) is 1. The molecule has 0 aromatic rings. The van der Waals surface area contributed by atoms with Crippen molar-refractivity contribution in [3.8, 4) is 0 Å². The summed E-state index contributed by atoms with van der Waals surface area (Å²) < 4.78 is 0. The average molecular weight is 201 g/mol. The number of oxime groups is 1. The van der Waals surface area contributed by atoms with E-state index in [0.29, 0.717) is 6.42 Å². The molecule has 82 valence electrons. The number of carboxylic acids is 1. The lowest BCUT2D eigenvalue weighted by atomic mass is 9.96. The van der Waals surface area contributed by atoms with Crippen molar-refractivity contribution in [3.63, 3.8) is 0 Å². The lowest BCUT2D eigenvalue weighted by Gasteiger charge is -2.11. The van der Waals surface area contributed by atoms with E-state index >= 15 is 0 Å². The molecule has 0 saturated heterocycles. The number of carboxylic acid groups (broad SMARTS) is 1. The maximum atomic E-state index is 10.4. The maximum absolute atomic E-state index is 10.4. The molecule has 4 nitrogen and oxygen atoms in total. The lowest BCUT2D eigenvalue weighted by Crippen LogP contribution is -2.11. The molecule has 0 spiro atoms. The first-order valence-electron chi connectivity index (χ1n) is 4.90. The fourth-order valence-electron chi connectivity index (χ4n) is 1.25. The number of carbonyl (C=O) groups is 1. The van der Waals surface area contributed by atoms with Crippen molar-refractivity contribution in [3.05, 3.63) is 0 Å². The monoisotopic (exact) mass is 201 g/mol. The Kier molecular flexibility index (Phi) is 5.92. The Morgan fingerprint density at radius 1 is 1.36 bits per heavy atom. The van der Waals surface area contributed by atoms with Crippen LogP contribution in [0.1, 0.15) is 40.0 Å². The third-order valence-electron chi connectivity index (χ3n) is 2.21. The number of hydrogen-bond donors (Lipinski definition) is 2. The molecule has 0 bridgehead atoms. The molecule has 0 heterocycles. The van der Waals surface area contributed by atoms with Crippen molar-refractivity contribution in [2.45, 2.75) is 40.0 Å². The highest BCUT2D eigenvalue weighted by atomic mass is 16.4. The summed E-state index contributed by atoms with van der Waals surface area (Å²) >= 11 is 0. The minimum Gasteiger partial charge on any atom is -0.481 e. The zero-order chi connectivity index (χ0) is 11.1. The Morgan fingerprint density at radius 3 is 2.29 bits per heavy atom. The Hall–Kier alpha value is -1.06. The summed E-state index contributed by atoms with van der Waals surface area (Å²) in [4.78, 5) is 10.4. The smallest absolute Gasteiger partial charge is 0.303 e.